The molecule has 0 aromatic heterocycles. The van der Waals surface area contributed by atoms with E-state index in [2.05, 4.69) is 19.9 Å². The lowest BCUT2D eigenvalue weighted by Gasteiger charge is -2.26. The van der Waals surface area contributed by atoms with Gasteiger partial charge >= 0.3 is 0 Å². The maximum Gasteiger partial charge on any atom is 0.0881 e. The van der Waals surface area contributed by atoms with Crippen molar-refractivity contribution in [1.29, 1.82) is 0 Å². The number of hydrogen-bond donors (Lipinski definition) is 0. The third-order valence-electron chi connectivity index (χ3n) is 2.17. The molecule has 0 radical (unpaired) electrons. The Morgan fingerprint density at radius 1 is 1.67 bits per heavy atom. The topological polar surface area (TPSA) is 9.23 Å². The molecule has 0 amide bonds. The van der Waals surface area contributed by atoms with E-state index in [4.69, 9.17) is 4.74 Å². The molecule has 0 fully saturated rings. The highest BCUT2D eigenvalue weighted by Crippen LogP contribution is 2.29. The minimum Gasteiger partial charge on any atom is -0.501 e. The van der Waals surface area contributed by atoms with Gasteiger partial charge in [0.15, 0.2) is 0 Å². The van der Waals surface area contributed by atoms with Crippen LogP contribution in [-0.2, 0) is 4.74 Å². The van der Waals surface area contributed by atoms with Crippen molar-refractivity contribution in [2.45, 2.75) is 26.7 Å². The number of allylic oxidation sites excluding steroid dienone is 1. The highest BCUT2D eigenvalue weighted by atomic mass is 16.5. The Hall–Kier alpha value is -0.460. The van der Waals surface area contributed by atoms with Gasteiger partial charge in [-0.25, -0.2) is 0 Å². The van der Waals surface area contributed by atoms with Crippen LogP contribution in [0.4, 0.5) is 0 Å². The van der Waals surface area contributed by atoms with Gasteiger partial charge in [0.2, 0.25) is 0 Å². The molecule has 1 rings (SSSR count). The minimum absolute atomic E-state index is 0.415. The Kier molecular flexibility index (Phi) is 1.79. The van der Waals surface area contributed by atoms with E-state index in [0.29, 0.717) is 5.41 Å². The zero-order valence-corrected chi connectivity index (χ0v) is 6.18. The molecule has 0 unspecified atom stereocenters. The summed E-state index contributed by atoms with van der Waals surface area (Å²) >= 11 is 0. The van der Waals surface area contributed by atoms with Crippen LogP contribution in [0.5, 0.6) is 0 Å². The Morgan fingerprint density at radius 3 is 2.78 bits per heavy atom. The van der Waals surface area contributed by atoms with Gasteiger partial charge in [-0.3, -0.25) is 0 Å². The van der Waals surface area contributed by atoms with E-state index in [9.17, 15) is 0 Å². The molecule has 1 aliphatic heterocycles. The Balaban J connectivity index is 2.56. The summed E-state index contributed by atoms with van der Waals surface area (Å²) in [5.74, 6) is 0. The third kappa shape index (κ3) is 1.47. The lowest BCUT2D eigenvalue weighted by Crippen LogP contribution is -2.17. The first-order valence-electron chi connectivity index (χ1n) is 3.56. The Bertz CT molecular complexity index is 118. The average molecular weight is 126 g/mol. The normalized spacial score (nSPS) is 34.0. The van der Waals surface area contributed by atoms with E-state index in [1.54, 1.807) is 0 Å². The molecule has 1 atom stereocenters. The summed E-state index contributed by atoms with van der Waals surface area (Å²) in [6.45, 7) is 5.38. The Morgan fingerprint density at radius 2 is 2.44 bits per heavy atom. The van der Waals surface area contributed by atoms with E-state index >= 15 is 0 Å². The highest BCUT2D eigenvalue weighted by Gasteiger charge is 2.20. The summed E-state index contributed by atoms with van der Waals surface area (Å²) in [6, 6.07) is 0. The van der Waals surface area contributed by atoms with Gasteiger partial charge in [0.1, 0.15) is 0 Å². The van der Waals surface area contributed by atoms with Gasteiger partial charge in [-0.15, -0.1) is 0 Å². The number of ether oxygens (including phenoxy) is 1. The summed E-state index contributed by atoms with van der Waals surface area (Å²) in [4.78, 5) is 0. The van der Waals surface area contributed by atoms with Crippen molar-refractivity contribution in [2.24, 2.45) is 5.41 Å². The van der Waals surface area contributed by atoms with Crippen LogP contribution in [0.25, 0.3) is 0 Å². The molecular formula is C8H14O. The van der Waals surface area contributed by atoms with Gasteiger partial charge in [0, 0.05) is 0 Å². The molecule has 52 valence electrons. The van der Waals surface area contributed by atoms with E-state index < -0.39 is 0 Å². The summed E-state index contributed by atoms with van der Waals surface area (Å²) in [7, 11) is 0. The van der Waals surface area contributed by atoms with Crippen molar-refractivity contribution in [3.05, 3.63) is 12.3 Å². The molecule has 0 aromatic carbocycles. The van der Waals surface area contributed by atoms with Crippen LogP contribution >= 0.6 is 0 Å². The monoisotopic (exact) mass is 126 g/mol. The molecule has 0 aromatic rings. The second kappa shape index (κ2) is 2.42. The van der Waals surface area contributed by atoms with Crippen LogP contribution in [0.3, 0.4) is 0 Å². The predicted octanol–water partition coefficient (Wildman–Crippen LogP) is 2.34. The van der Waals surface area contributed by atoms with Crippen molar-refractivity contribution < 1.29 is 4.74 Å². The third-order valence-corrected chi connectivity index (χ3v) is 2.17. The van der Waals surface area contributed by atoms with Crippen LogP contribution < -0.4 is 0 Å². The number of hydrogen-bond acceptors (Lipinski definition) is 1. The van der Waals surface area contributed by atoms with E-state index in [-0.39, 0.29) is 0 Å². The first-order valence-corrected chi connectivity index (χ1v) is 3.56. The molecule has 0 spiro atoms. The van der Waals surface area contributed by atoms with Gasteiger partial charge in [-0.2, -0.15) is 0 Å². The smallest absolute Gasteiger partial charge is 0.0881 e. The average Bonchev–Trinajstić information content (AvgIpc) is 1.90. The van der Waals surface area contributed by atoms with Crippen molar-refractivity contribution >= 4 is 0 Å². The lowest BCUT2D eigenvalue weighted by molar-refractivity contribution is 0.167. The van der Waals surface area contributed by atoms with Crippen molar-refractivity contribution in [1.82, 2.24) is 0 Å². The lowest BCUT2D eigenvalue weighted by atomic mass is 9.84. The molecular weight excluding hydrogens is 112 g/mol. The second-order valence-corrected chi connectivity index (χ2v) is 2.93. The maximum atomic E-state index is 5.09. The molecule has 0 N–H and O–H groups in total. The van der Waals surface area contributed by atoms with E-state index in [1.165, 1.54) is 12.8 Å². The van der Waals surface area contributed by atoms with Crippen LogP contribution in [0.2, 0.25) is 0 Å². The zero-order chi connectivity index (χ0) is 6.74. The molecule has 9 heavy (non-hydrogen) atoms. The molecule has 0 aliphatic carbocycles. The van der Waals surface area contributed by atoms with Gasteiger partial charge in [-0.05, 0) is 24.3 Å². The Labute approximate surface area is 56.7 Å². The summed E-state index contributed by atoms with van der Waals surface area (Å²) in [5.41, 5.74) is 0.415. The first-order chi connectivity index (χ1) is 4.27. The van der Waals surface area contributed by atoms with E-state index in [1.807, 2.05) is 6.26 Å². The van der Waals surface area contributed by atoms with Gasteiger partial charge in [-0.1, -0.05) is 13.8 Å². The fourth-order valence-corrected chi connectivity index (χ4v) is 0.950. The van der Waals surface area contributed by atoms with Crippen LogP contribution in [0, 0.1) is 5.41 Å². The summed E-state index contributed by atoms with van der Waals surface area (Å²) in [5, 5.41) is 0. The van der Waals surface area contributed by atoms with E-state index in [0.717, 1.165) is 6.61 Å². The first kappa shape index (κ1) is 6.66. The van der Waals surface area contributed by atoms with Gasteiger partial charge in [0.25, 0.3) is 0 Å². The largest absolute Gasteiger partial charge is 0.501 e. The van der Waals surface area contributed by atoms with Gasteiger partial charge < -0.3 is 4.74 Å². The maximum absolute atomic E-state index is 5.09. The highest BCUT2D eigenvalue weighted by molar-refractivity contribution is 4.95. The summed E-state index contributed by atoms with van der Waals surface area (Å²) < 4.78 is 5.09. The standard InChI is InChI=1S/C8H14O/c1-3-8(2)4-6-9-7-5-8/h4,6H,3,5,7H2,1-2H3/t8-/m1/s1. The quantitative estimate of drug-likeness (QED) is 0.524. The molecule has 1 aliphatic rings. The molecule has 0 saturated carbocycles. The fraction of sp³-hybridized carbons (Fsp3) is 0.750. The second-order valence-electron chi connectivity index (χ2n) is 2.93. The van der Waals surface area contributed by atoms with Gasteiger partial charge in [0.05, 0.1) is 12.9 Å². The predicted molar refractivity (Wildman–Crippen MR) is 38.1 cm³/mol. The van der Waals surface area contributed by atoms with Crippen molar-refractivity contribution in [3.63, 3.8) is 0 Å². The molecule has 0 saturated heterocycles. The fourth-order valence-electron chi connectivity index (χ4n) is 0.950. The van der Waals surface area contributed by atoms with Crippen molar-refractivity contribution in [3.8, 4) is 0 Å². The molecule has 1 heteroatoms. The van der Waals surface area contributed by atoms with Crippen LogP contribution in [-0.4, -0.2) is 6.61 Å². The molecule has 1 nitrogen and oxygen atoms in total. The number of rotatable bonds is 1. The molecule has 0 bridgehead atoms. The minimum atomic E-state index is 0.415. The summed E-state index contributed by atoms with van der Waals surface area (Å²) in [6.07, 6.45) is 6.37. The van der Waals surface area contributed by atoms with Crippen molar-refractivity contribution in [2.75, 3.05) is 6.61 Å². The molecule has 1 heterocycles. The zero-order valence-electron chi connectivity index (χ0n) is 6.18. The van der Waals surface area contributed by atoms with Crippen LogP contribution in [0.1, 0.15) is 26.7 Å². The SMILES string of the molecule is CC[C@]1(C)C=COCC1. The van der Waals surface area contributed by atoms with Crippen LogP contribution in [0.15, 0.2) is 12.3 Å².